The van der Waals surface area contributed by atoms with Crippen molar-refractivity contribution in [1.29, 1.82) is 0 Å². The first-order chi connectivity index (χ1) is 8.20. The van der Waals surface area contributed by atoms with Crippen LogP contribution in [0.2, 0.25) is 0 Å². The van der Waals surface area contributed by atoms with Gasteiger partial charge in [-0.3, -0.25) is 4.79 Å². The Labute approximate surface area is 98.6 Å². The number of rotatable bonds is 3. The molecule has 1 aliphatic rings. The van der Waals surface area contributed by atoms with Gasteiger partial charge in [-0.2, -0.15) is 0 Å². The highest BCUT2D eigenvalue weighted by molar-refractivity contribution is 6.01. The summed E-state index contributed by atoms with van der Waals surface area (Å²) in [4.78, 5) is 15.9. The summed E-state index contributed by atoms with van der Waals surface area (Å²) in [6, 6.07) is 3.51. The Morgan fingerprint density at radius 1 is 1.47 bits per heavy atom. The summed E-state index contributed by atoms with van der Waals surface area (Å²) in [6.07, 6.45) is 2.27. The van der Waals surface area contributed by atoms with Gasteiger partial charge in [0.1, 0.15) is 0 Å². The molecule has 0 saturated heterocycles. The van der Waals surface area contributed by atoms with Crippen LogP contribution in [0, 0.1) is 0 Å². The van der Waals surface area contributed by atoms with Crippen LogP contribution in [0.1, 0.15) is 41.9 Å². The standard InChI is InChI=1S/C13H13NO3/c1-7(15)9-5-6-10-11(12(9)16-2)14-13(17-10)8-3-4-8/h5-6,8H,3-4H2,1-2H3. The molecule has 1 heterocycles. The quantitative estimate of drug-likeness (QED) is 0.762. The first-order valence-electron chi connectivity index (χ1n) is 5.69. The van der Waals surface area contributed by atoms with E-state index >= 15 is 0 Å². The molecule has 88 valence electrons. The van der Waals surface area contributed by atoms with Gasteiger partial charge in [-0.15, -0.1) is 0 Å². The molecule has 17 heavy (non-hydrogen) atoms. The highest BCUT2D eigenvalue weighted by atomic mass is 16.5. The third-order valence-corrected chi connectivity index (χ3v) is 3.04. The third-order valence-electron chi connectivity index (χ3n) is 3.04. The lowest BCUT2D eigenvalue weighted by Crippen LogP contribution is -1.97. The van der Waals surface area contributed by atoms with Crippen LogP contribution in [0.25, 0.3) is 11.1 Å². The van der Waals surface area contributed by atoms with Crippen molar-refractivity contribution in [2.75, 3.05) is 7.11 Å². The van der Waals surface area contributed by atoms with E-state index in [0.717, 1.165) is 18.7 Å². The Morgan fingerprint density at radius 2 is 2.24 bits per heavy atom. The first kappa shape index (κ1) is 10.3. The number of oxazole rings is 1. The average Bonchev–Trinajstić information content (AvgIpc) is 3.07. The van der Waals surface area contributed by atoms with Crippen LogP contribution in [0.4, 0.5) is 0 Å². The van der Waals surface area contributed by atoms with Crippen molar-refractivity contribution in [3.63, 3.8) is 0 Å². The van der Waals surface area contributed by atoms with E-state index in [-0.39, 0.29) is 5.78 Å². The fraction of sp³-hybridized carbons (Fsp3) is 0.385. The molecular formula is C13H13NO3. The van der Waals surface area contributed by atoms with Crippen molar-refractivity contribution in [2.45, 2.75) is 25.7 Å². The molecule has 1 aliphatic carbocycles. The van der Waals surface area contributed by atoms with Gasteiger partial charge in [0.25, 0.3) is 0 Å². The van der Waals surface area contributed by atoms with Gasteiger partial charge in [0.2, 0.25) is 0 Å². The highest BCUT2D eigenvalue weighted by Crippen LogP contribution is 2.42. The molecule has 1 fully saturated rings. The van der Waals surface area contributed by atoms with E-state index in [1.807, 2.05) is 0 Å². The normalized spacial score (nSPS) is 15.2. The van der Waals surface area contributed by atoms with Gasteiger partial charge >= 0.3 is 0 Å². The zero-order valence-electron chi connectivity index (χ0n) is 9.82. The van der Waals surface area contributed by atoms with Crippen LogP contribution >= 0.6 is 0 Å². The minimum Gasteiger partial charge on any atom is -0.494 e. The third kappa shape index (κ3) is 1.60. The van der Waals surface area contributed by atoms with Crippen LogP contribution in [-0.4, -0.2) is 17.9 Å². The molecule has 0 aliphatic heterocycles. The van der Waals surface area contributed by atoms with E-state index in [2.05, 4.69) is 4.98 Å². The predicted octanol–water partition coefficient (Wildman–Crippen LogP) is 2.92. The van der Waals surface area contributed by atoms with Gasteiger partial charge in [-0.05, 0) is 31.9 Å². The molecule has 1 aromatic heterocycles. The fourth-order valence-electron chi connectivity index (χ4n) is 1.98. The first-order valence-corrected chi connectivity index (χ1v) is 5.69. The maximum atomic E-state index is 11.5. The number of carbonyl (C=O) groups excluding carboxylic acids is 1. The average molecular weight is 231 g/mol. The number of ketones is 1. The van der Waals surface area contributed by atoms with Gasteiger partial charge in [-0.1, -0.05) is 0 Å². The van der Waals surface area contributed by atoms with E-state index < -0.39 is 0 Å². The molecule has 0 atom stereocenters. The summed E-state index contributed by atoms with van der Waals surface area (Å²) in [7, 11) is 1.55. The molecule has 1 aromatic carbocycles. The second-order valence-electron chi connectivity index (χ2n) is 4.38. The van der Waals surface area contributed by atoms with Gasteiger partial charge in [0.15, 0.2) is 28.5 Å². The molecule has 0 N–H and O–H groups in total. The molecule has 0 bridgehead atoms. The largest absolute Gasteiger partial charge is 0.494 e. The fourth-order valence-corrected chi connectivity index (χ4v) is 1.98. The molecule has 4 nitrogen and oxygen atoms in total. The van der Waals surface area contributed by atoms with Gasteiger partial charge in [0, 0.05) is 5.92 Å². The van der Waals surface area contributed by atoms with Crippen LogP contribution in [0.15, 0.2) is 16.5 Å². The van der Waals surface area contributed by atoms with Crippen molar-refractivity contribution in [2.24, 2.45) is 0 Å². The molecule has 0 amide bonds. The maximum absolute atomic E-state index is 11.5. The molecule has 1 saturated carbocycles. The van der Waals surface area contributed by atoms with Crippen molar-refractivity contribution in [3.05, 3.63) is 23.6 Å². The van der Waals surface area contributed by atoms with E-state index in [0.29, 0.717) is 28.3 Å². The lowest BCUT2D eigenvalue weighted by molar-refractivity contribution is 0.101. The van der Waals surface area contributed by atoms with E-state index in [9.17, 15) is 4.79 Å². The summed E-state index contributed by atoms with van der Waals surface area (Å²) in [5.41, 5.74) is 1.89. The summed E-state index contributed by atoms with van der Waals surface area (Å²) in [6.45, 7) is 1.52. The lowest BCUT2D eigenvalue weighted by atomic mass is 10.1. The molecule has 0 unspecified atom stereocenters. The van der Waals surface area contributed by atoms with Gasteiger partial charge in [0.05, 0.1) is 12.7 Å². The van der Waals surface area contributed by atoms with E-state index in [1.54, 1.807) is 19.2 Å². The summed E-state index contributed by atoms with van der Waals surface area (Å²) in [5.74, 6) is 1.71. The Morgan fingerprint density at radius 3 is 2.82 bits per heavy atom. The van der Waals surface area contributed by atoms with Crippen molar-refractivity contribution in [1.82, 2.24) is 4.98 Å². The van der Waals surface area contributed by atoms with Crippen LogP contribution < -0.4 is 4.74 Å². The van der Waals surface area contributed by atoms with Crippen molar-refractivity contribution >= 4 is 16.9 Å². The number of hydrogen-bond donors (Lipinski definition) is 0. The number of ether oxygens (including phenoxy) is 1. The number of aromatic nitrogens is 1. The number of methoxy groups -OCH3 is 1. The van der Waals surface area contributed by atoms with Gasteiger partial charge < -0.3 is 9.15 Å². The minimum atomic E-state index is -0.0280. The van der Waals surface area contributed by atoms with Crippen LogP contribution in [0.3, 0.4) is 0 Å². The SMILES string of the molecule is COc1c(C(C)=O)ccc2oc(C3CC3)nc12. The van der Waals surface area contributed by atoms with E-state index in [1.165, 1.54) is 6.92 Å². The second kappa shape index (κ2) is 3.58. The molecule has 3 rings (SSSR count). The minimum absolute atomic E-state index is 0.0280. The topological polar surface area (TPSA) is 52.3 Å². The molecule has 0 radical (unpaired) electrons. The number of hydrogen-bond acceptors (Lipinski definition) is 4. The molecule has 4 heteroatoms. The number of benzene rings is 1. The number of fused-ring (bicyclic) bond motifs is 1. The number of Topliss-reactive ketones (excluding diaryl/α,β-unsaturated/α-hetero) is 1. The number of nitrogens with zero attached hydrogens (tertiary/aromatic N) is 1. The van der Waals surface area contributed by atoms with Crippen molar-refractivity contribution in [3.8, 4) is 5.75 Å². The highest BCUT2D eigenvalue weighted by Gasteiger charge is 2.30. The lowest BCUT2D eigenvalue weighted by Gasteiger charge is -2.04. The number of carbonyl (C=O) groups is 1. The monoisotopic (exact) mass is 231 g/mol. The summed E-state index contributed by atoms with van der Waals surface area (Å²) < 4.78 is 11.0. The van der Waals surface area contributed by atoms with Gasteiger partial charge in [-0.25, -0.2) is 4.98 Å². The molecular weight excluding hydrogens is 218 g/mol. The van der Waals surface area contributed by atoms with Crippen LogP contribution in [0.5, 0.6) is 5.75 Å². The Bertz CT molecular complexity index is 596. The smallest absolute Gasteiger partial charge is 0.198 e. The van der Waals surface area contributed by atoms with Crippen LogP contribution in [-0.2, 0) is 0 Å². The zero-order chi connectivity index (χ0) is 12.0. The predicted molar refractivity (Wildman–Crippen MR) is 62.5 cm³/mol. The maximum Gasteiger partial charge on any atom is 0.198 e. The Kier molecular flexibility index (Phi) is 2.18. The second-order valence-corrected chi connectivity index (χ2v) is 4.38. The summed E-state index contributed by atoms with van der Waals surface area (Å²) >= 11 is 0. The Balaban J connectivity index is 2.23. The zero-order valence-corrected chi connectivity index (χ0v) is 9.82. The van der Waals surface area contributed by atoms with Crippen molar-refractivity contribution < 1.29 is 13.9 Å². The van der Waals surface area contributed by atoms with E-state index in [4.69, 9.17) is 9.15 Å². The molecule has 2 aromatic rings. The molecule has 0 spiro atoms. The Hall–Kier alpha value is -1.84. The summed E-state index contributed by atoms with van der Waals surface area (Å²) in [5, 5.41) is 0.